The van der Waals surface area contributed by atoms with E-state index in [1.807, 2.05) is 57.2 Å². The molecular weight excluding hydrogens is 290 g/mol. The quantitative estimate of drug-likeness (QED) is 0.863. The van der Waals surface area contributed by atoms with Gasteiger partial charge in [-0.2, -0.15) is 0 Å². The number of carbonyl (C=O) groups is 2. The fourth-order valence-electron chi connectivity index (χ4n) is 2.15. The lowest BCUT2D eigenvalue weighted by Gasteiger charge is -2.08. The Morgan fingerprint density at radius 1 is 1.00 bits per heavy atom. The van der Waals surface area contributed by atoms with Crippen LogP contribution in [0.5, 0.6) is 0 Å². The van der Waals surface area contributed by atoms with Crippen LogP contribution in [-0.2, 0) is 16.1 Å². The van der Waals surface area contributed by atoms with E-state index in [1.165, 1.54) is 0 Å². The minimum atomic E-state index is -0.455. The maximum Gasteiger partial charge on any atom is 0.325 e. The Hall–Kier alpha value is -2.62. The predicted octanol–water partition coefficient (Wildman–Crippen LogP) is 3.09. The van der Waals surface area contributed by atoms with E-state index in [1.54, 1.807) is 6.07 Å². The molecule has 23 heavy (non-hydrogen) atoms. The van der Waals surface area contributed by atoms with Crippen LogP contribution in [0.25, 0.3) is 0 Å². The summed E-state index contributed by atoms with van der Waals surface area (Å²) < 4.78 is 5.16. The number of esters is 1. The van der Waals surface area contributed by atoms with Gasteiger partial charge in [0.2, 0.25) is 0 Å². The van der Waals surface area contributed by atoms with Crippen molar-refractivity contribution >= 4 is 11.9 Å². The molecule has 0 aliphatic heterocycles. The number of amides is 1. The molecule has 0 radical (unpaired) electrons. The van der Waals surface area contributed by atoms with Crippen molar-refractivity contribution in [3.05, 3.63) is 70.3 Å². The van der Waals surface area contributed by atoms with Crippen LogP contribution in [0.2, 0.25) is 0 Å². The third-order valence-corrected chi connectivity index (χ3v) is 3.64. The Kier molecular flexibility index (Phi) is 5.52. The molecule has 0 saturated carbocycles. The highest BCUT2D eigenvalue weighted by atomic mass is 16.5. The molecule has 0 aromatic heterocycles. The number of aryl methyl sites for hydroxylation is 3. The van der Waals surface area contributed by atoms with Gasteiger partial charge in [0.25, 0.3) is 5.91 Å². The van der Waals surface area contributed by atoms with Gasteiger partial charge in [0, 0.05) is 5.56 Å². The standard InChI is InChI=1S/C19H21NO3/c1-13-5-4-6-16(9-13)12-23-18(21)11-20-19(22)17-8-7-14(2)15(3)10-17/h4-10H,11-12H2,1-3H3,(H,20,22). The molecule has 4 nitrogen and oxygen atoms in total. The zero-order valence-corrected chi connectivity index (χ0v) is 13.7. The fourth-order valence-corrected chi connectivity index (χ4v) is 2.15. The maximum atomic E-state index is 12.0. The molecule has 0 unspecified atom stereocenters. The van der Waals surface area contributed by atoms with Crippen molar-refractivity contribution in [1.82, 2.24) is 5.32 Å². The lowest BCUT2D eigenvalue weighted by Crippen LogP contribution is -2.30. The van der Waals surface area contributed by atoms with Crippen molar-refractivity contribution in [2.75, 3.05) is 6.54 Å². The largest absolute Gasteiger partial charge is 0.460 e. The van der Waals surface area contributed by atoms with Gasteiger partial charge < -0.3 is 10.1 Å². The summed E-state index contributed by atoms with van der Waals surface area (Å²) in [5.74, 6) is -0.732. The lowest BCUT2D eigenvalue weighted by atomic mass is 10.1. The first-order valence-electron chi connectivity index (χ1n) is 7.52. The highest BCUT2D eigenvalue weighted by Gasteiger charge is 2.10. The van der Waals surface area contributed by atoms with Crippen LogP contribution in [0, 0.1) is 20.8 Å². The van der Waals surface area contributed by atoms with Gasteiger partial charge in [-0.3, -0.25) is 9.59 Å². The van der Waals surface area contributed by atoms with Crippen LogP contribution in [0.4, 0.5) is 0 Å². The first kappa shape index (κ1) is 16.7. The third kappa shape index (κ3) is 4.95. The predicted molar refractivity (Wildman–Crippen MR) is 89.2 cm³/mol. The zero-order valence-electron chi connectivity index (χ0n) is 13.7. The van der Waals surface area contributed by atoms with Crippen molar-refractivity contribution in [3.63, 3.8) is 0 Å². The minimum Gasteiger partial charge on any atom is -0.460 e. The van der Waals surface area contributed by atoms with E-state index < -0.39 is 5.97 Å². The smallest absolute Gasteiger partial charge is 0.325 e. The average Bonchev–Trinajstić information content (AvgIpc) is 2.53. The molecule has 120 valence electrons. The van der Waals surface area contributed by atoms with Gasteiger partial charge in [-0.25, -0.2) is 0 Å². The van der Waals surface area contributed by atoms with Crippen LogP contribution < -0.4 is 5.32 Å². The molecule has 2 aromatic rings. The average molecular weight is 311 g/mol. The van der Waals surface area contributed by atoms with Crippen LogP contribution in [0.1, 0.15) is 32.6 Å². The second kappa shape index (κ2) is 7.58. The number of ether oxygens (including phenoxy) is 1. The number of benzene rings is 2. The fraction of sp³-hybridized carbons (Fsp3) is 0.263. The van der Waals surface area contributed by atoms with Gasteiger partial charge in [0.1, 0.15) is 13.2 Å². The van der Waals surface area contributed by atoms with E-state index >= 15 is 0 Å². The molecule has 1 amide bonds. The van der Waals surface area contributed by atoms with Crippen molar-refractivity contribution in [2.24, 2.45) is 0 Å². The highest BCUT2D eigenvalue weighted by molar-refractivity contribution is 5.96. The molecular formula is C19H21NO3. The normalized spacial score (nSPS) is 10.2. The summed E-state index contributed by atoms with van der Waals surface area (Å²) in [6.07, 6.45) is 0. The van der Waals surface area contributed by atoms with Gasteiger partial charge in [0.05, 0.1) is 0 Å². The van der Waals surface area contributed by atoms with E-state index in [-0.39, 0.29) is 19.1 Å². The molecule has 0 atom stereocenters. The molecule has 2 aromatic carbocycles. The number of carbonyl (C=O) groups excluding carboxylic acids is 2. The van der Waals surface area contributed by atoms with E-state index in [9.17, 15) is 9.59 Å². The minimum absolute atomic E-state index is 0.141. The van der Waals surface area contributed by atoms with Gasteiger partial charge in [-0.05, 0) is 49.6 Å². The van der Waals surface area contributed by atoms with Gasteiger partial charge in [-0.15, -0.1) is 0 Å². The molecule has 0 saturated heterocycles. The Morgan fingerprint density at radius 3 is 2.48 bits per heavy atom. The second-order valence-corrected chi connectivity index (χ2v) is 5.63. The number of rotatable bonds is 5. The molecule has 0 aliphatic rings. The van der Waals surface area contributed by atoms with Crippen molar-refractivity contribution in [2.45, 2.75) is 27.4 Å². The Bertz CT molecular complexity index is 722. The van der Waals surface area contributed by atoms with E-state index in [0.29, 0.717) is 5.56 Å². The topological polar surface area (TPSA) is 55.4 Å². The Balaban J connectivity index is 1.81. The van der Waals surface area contributed by atoms with Crippen LogP contribution >= 0.6 is 0 Å². The van der Waals surface area contributed by atoms with Gasteiger partial charge in [0.15, 0.2) is 0 Å². The lowest BCUT2D eigenvalue weighted by molar-refractivity contribution is -0.143. The van der Waals surface area contributed by atoms with Gasteiger partial charge in [-0.1, -0.05) is 35.9 Å². The summed E-state index contributed by atoms with van der Waals surface area (Å²) >= 11 is 0. The van der Waals surface area contributed by atoms with Crippen molar-refractivity contribution < 1.29 is 14.3 Å². The first-order chi connectivity index (χ1) is 11.0. The van der Waals surface area contributed by atoms with E-state index in [2.05, 4.69) is 5.32 Å². The summed E-state index contributed by atoms with van der Waals surface area (Å²) in [7, 11) is 0. The monoisotopic (exact) mass is 311 g/mol. The maximum absolute atomic E-state index is 12.0. The SMILES string of the molecule is Cc1cccc(COC(=O)CNC(=O)c2ccc(C)c(C)c2)c1. The zero-order chi connectivity index (χ0) is 16.8. The third-order valence-electron chi connectivity index (χ3n) is 3.64. The number of hydrogen-bond donors (Lipinski definition) is 1. The molecule has 0 aliphatic carbocycles. The summed E-state index contributed by atoms with van der Waals surface area (Å²) in [5, 5.41) is 2.58. The Labute approximate surface area is 136 Å². The van der Waals surface area contributed by atoms with Crippen molar-refractivity contribution in [3.8, 4) is 0 Å². The summed E-state index contributed by atoms with van der Waals surface area (Å²) in [6, 6.07) is 13.2. The molecule has 0 spiro atoms. The first-order valence-corrected chi connectivity index (χ1v) is 7.52. The van der Waals surface area contributed by atoms with Crippen molar-refractivity contribution in [1.29, 1.82) is 0 Å². The van der Waals surface area contributed by atoms with Gasteiger partial charge >= 0.3 is 5.97 Å². The highest BCUT2D eigenvalue weighted by Crippen LogP contribution is 2.09. The van der Waals surface area contributed by atoms with Crippen LogP contribution in [0.15, 0.2) is 42.5 Å². The molecule has 1 N–H and O–H groups in total. The molecule has 0 bridgehead atoms. The van der Waals surface area contributed by atoms with Crippen LogP contribution in [0.3, 0.4) is 0 Å². The summed E-state index contributed by atoms with van der Waals surface area (Å²) in [6.45, 7) is 5.98. The number of nitrogens with one attached hydrogen (secondary N) is 1. The second-order valence-electron chi connectivity index (χ2n) is 5.63. The summed E-state index contributed by atoms with van der Waals surface area (Å²) in [5.41, 5.74) is 4.75. The molecule has 2 rings (SSSR count). The molecule has 4 heteroatoms. The molecule has 0 heterocycles. The Morgan fingerprint density at radius 2 is 1.78 bits per heavy atom. The van der Waals surface area contributed by atoms with E-state index in [4.69, 9.17) is 4.74 Å². The summed E-state index contributed by atoms with van der Waals surface area (Å²) in [4.78, 5) is 23.7. The van der Waals surface area contributed by atoms with Crippen LogP contribution in [-0.4, -0.2) is 18.4 Å². The molecule has 0 fully saturated rings. The number of hydrogen-bond acceptors (Lipinski definition) is 3. The van der Waals surface area contributed by atoms with E-state index in [0.717, 1.165) is 22.3 Å².